The maximum atomic E-state index is 12.4. The Morgan fingerprint density at radius 3 is 2.58 bits per heavy atom. The van der Waals surface area contributed by atoms with E-state index in [2.05, 4.69) is 15.6 Å². The number of nitrogens with zero attached hydrogens (tertiary/aromatic N) is 3. The quantitative estimate of drug-likeness (QED) is 0.569. The van der Waals surface area contributed by atoms with E-state index in [0.29, 0.717) is 32.0 Å². The van der Waals surface area contributed by atoms with Gasteiger partial charge in [-0.05, 0) is 26.2 Å². The SMILES string of the molecule is CCNC(=NCC(=O)N1CCCC1)NC1CCN(CC(F)(F)F)C1. The van der Waals surface area contributed by atoms with Crippen molar-refractivity contribution in [1.82, 2.24) is 20.4 Å². The summed E-state index contributed by atoms with van der Waals surface area (Å²) in [4.78, 5) is 19.5. The van der Waals surface area contributed by atoms with E-state index >= 15 is 0 Å². The van der Waals surface area contributed by atoms with E-state index in [0.717, 1.165) is 25.9 Å². The van der Waals surface area contributed by atoms with Crippen LogP contribution in [0.25, 0.3) is 0 Å². The van der Waals surface area contributed by atoms with Gasteiger partial charge in [0.05, 0.1) is 6.54 Å². The number of amides is 1. The molecule has 2 saturated heterocycles. The number of hydrogen-bond donors (Lipinski definition) is 2. The largest absolute Gasteiger partial charge is 0.401 e. The van der Waals surface area contributed by atoms with E-state index in [1.54, 1.807) is 4.90 Å². The second-order valence-corrected chi connectivity index (χ2v) is 6.26. The summed E-state index contributed by atoms with van der Waals surface area (Å²) in [5.41, 5.74) is 0. The summed E-state index contributed by atoms with van der Waals surface area (Å²) in [5.74, 6) is 0.485. The second kappa shape index (κ2) is 8.55. The molecule has 9 heteroatoms. The lowest BCUT2D eigenvalue weighted by Gasteiger charge is -2.20. The fraction of sp³-hybridized carbons (Fsp3) is 0.867. The van der Waals surface area contributed by atoms with Gasteiger partial charge >= 0.3 is 6.18 Å². The average Bonchev–Trinajstić information content (AvgIpc) is 3.15. The van der Waals surface area contributed by atoms with E-state index in [1.165, 1.54) is 4.90 Å². The Hall–Kier alpha value is -1.51. The first-order valence-corrected chi connectivity index (χ1v) is 8.49. The molecular weight excluding hydrogens is 323 g/mol. The molecular formula is C15H26F3N5O. The summed E-state index contributed by atoms with van der Waals surface area (Å²) < 4.78 is 37.3. The number of likely N-dealkylation sites (tertiary alicyclic amines) is 2. The average molecular weight is 349 g/mol. The van der Waals surface area contributed by atoms with Gasteiger partial charge in [0.25, 0.3) is 0 Å². The van der Waals surface area contributed by atoms with Crippen LogP contribution >= 0.6 is 0 Å². The van der Waals surface area contributed by atoms with Crippen LogP contribution in [0.15, 0.2) is 4.99 Å². The summed E-state index contributed by atoms with van der Waals surface area (Å²) >= 11 is 0. The van der Waals surface area contributed by atoms with Crippen LogP contribution in [-0.2, 0) is 4.79 Å². The number of hydrogen-bond acceptors (Lipinski definition) is 3. The van der Waals surface area contributed by atoms with Crippen LogP contribution in [0.1, 0.15) is 26.2 Å². The molecule has 2 fully saturated rings. The van der Waals surface area contributed by atoms with Crippen LogP contribution in [0.4, 0.5) is 13.2 Å². The van der Waals surface area contributed by atoms with Crippen LogP contribution < -0.4 is 10.6 Å². The molecule has 138 valence electrons. The van der Waals surface area contributed by atoms with Crippen LogP contribution in [0, 0.1) is 0 Å². The Kier molecular flexibility index (Phi) is 6.70. The highest BCUT2D eigenvalue weighted by Gasteiger charge is 2.34. The molecule has 0 radical (unpaired) electrons. The molecule has 0 saturated carbocycles. The summed E-state index contributed by atoms with van der Waals surface area (Å²) in [6.07, 6.45) is -1.48. The Balaban J connectivity index is 1.82. The Morgan fingerprint density at radius 2 is 1.96 bits per heavy atom. The standard InChI is InChI=1S/C15H26F3N5O/c1-2-19-14(20-9-13(24)23-6-3-4-7-23)21-12-5-8-22(10-12)11-15(16,17)18/h12H,2-11H2,1H3,(H2,19,20,21). The molecule has 2 rings (SSSR count). The van der Waals surface area contributed by atoms with Crippen molar-refractivity contribution < 1.29 is 18.0 Å². The number of nitrogens with one attached hydrogen (secondary N) is 2. The molecule has 2 N–H and O–H groups in total. The van der Waals surface area contributed by atoms with Crippen LogP contribution in [-0.4, -0.2) is 79.7 Å². The second-order valence-electron chi connectivity index (χ2n) is 6.26. The minimum atomic E-state index is -4.17. The third-order valence-electron chi connectivity index (χ3n) is 4.19. The lowest BCUT2D eigenvalue weighted by Crippen LogP contribution is -2.45. The summed E-state index contributed by atoms with van der Waals surface area (Å²) in [5, 5.41) is 6.18. The van der Waals surface area contributed by atoms with Crippen molar-refractivity contribution in [2.24, 2.45) is 4.99 Å². The maximum Gasteiger partial charge on any atom is 0.401 e. The predicted octanol–water partition coefficient (Wildman–Crippen LogP) is 0.801. The zero-order valence-corrected chi connectivity index (χ0v) is 14.0. The van der Waals surface area contributed by atoms with Crippen molar-refractivity contribution in [3.8, 4) is 0 Å². The lowest BCUT2D eigenvalue weighted by molar-refractivity contribution is -0.143. The van der Waals surface area contributed by atoms with Gasteiger partial charge in [0, 0.05) is 38.8 Å². The zero-order chi connectivity index (χ0) is 17.6. The number of aliphatic imine (C=N–C) groups is 1. The minimum absolute atomic E-state index is 0.00479. The maximum absolute atomic E-state index is 12.4. The van der Waals surface area contributed by atoms with Crippen LogP contribution in [0.2, 0.25) is 0 Å². The number of alkyl halides is 3. The first-order valence-electron chi connectivity index (χ1n) is 8.49. The van der Waals surface area contributed by atoms with Crippen molar-refractivity contribution >= 4 is 11.9 Å². The Morgan fingerprint density at radius 1 is 1.25 bits per heavy atom. The number of rotatable bonds is 5. The lowest BCUT2D eigenvalue weighted by atomic mass is 10.3. The van der Waals surface area contributed by atoms with Gasteiger partial charge in [-0.3, -0.25) is 9.69 Å². The molecule has 1 atom stereocenters. The van der Waals surface area contributed by atoms with Gasteiger partial charge in [0.15, 0.2) is 5.96 Å². The highest BCUT2D eigenvalue weighted by molar-refractivity contribution is 5.85. The van der Waals surface area contributed by atoms with Crippen LogP contribution in [0.3, 0.4) is 0 Å². The number of carbonyl (C=O) groups is 1. The Bertz CT molecular complexity index is 449. The first kappa shape index (κ1) is 18.8. The molecule has 6 nitrogen and oxygen atoms in total. The van der Waals surface area contributed by atoms with Crippen molar-refractivity contribution in [3.05, 3.63) is 0 Å². The Labute approximate surface area is 140 Å². The molecule has 2 heterocycles. The summed E-state index contributed by atoms with van der Waals surface area (Å²) in [6, 6.07) is -0.0907. The summed E-state index contributed by atoms with van der Waals surface area (Å²) in [6.45, 7) is 4.02. The van der Waals surface area contributed by atoms with Crippen LogP contribution in [0.5, 0.6) is 0 Å². The normalized spacial score (nSPS) is 22.9. The molecule has 0 aromatic rings. The number of guanidine groups is 1. The molecule has 2 aliphatic rings. The van der Waals surface area contributed by atoms with Gasteiger partial charge in [-0.2, -0.15) is 13.2 Å². The van der Waals surface area contributed by atoms with Gasteiger partial charge in [-0.25, -0.2) is 4.99 Å². The van der Waals surface area contributed by atoms with E-state index in [1.807, 2.05) is 6.92 Å². The summed E-state index contributed by atoms with van der Waals surface area (Å²) in [7, 11) is 0. The van der Waals surface area contributed by atoms with E-state index in [-0.39, 0.29) is 18.5 Å². The van der Waals surface area contributed by atoms with E-state index < -0.39 is 12.7 Å². The molecule has 0 bridgehead atoms. The van der Waals surface area contributed by atoms with Crippen molar-refractivity contribution in [3.63, 3.8) is 0 Å². The molecule has 0 spiro atoms. The van der Waals surface area contributed by atoms with Crippen molar-refractivity contribution in [2.45, 2.75) is 38.4 Å². The third kappa shape index (κ3) is 6.18. The predicted molar refractivity (Wildman–Crippen MR) is 85.8 cm³/mol. The third-order valence-corrected chi connectivity index (χ3v) is 4.19. The molecule has 0 aliphatic carbocycles. The molecule has 0 aromatic heterocycles. The highest BCUT2D eigenvalue weighted by Crippen LogP contribution is 2.19. The first-order chi connectivity index (χ1) is 11.4. The monoisotopic (exact) mass is 349 g/mol. The van der Waals surface area contributed by atoms with Gasteiger partial charge in [0.2, 0.25) is 5.91 Å². The molecule has 0 aromatic carbocycles. The highest BCUT2D eigenvalue weighted by atomic mass is 19.4. The molecule has 2 aliphatic heterocycles. The minimum Gasteiger partial charge on any atom is -0.357 e. The van der Waals surface area contributed by atoms with Gasteiger partial charge < -0.3 is 15.5 Å². The fourth-order valence-electron chi connectivity index (χ4n) is 3.07. The van der Waals surface area contributed by atoms with E-state index in [4.69, 9.17) is 0 Å². The van der Waals surface area contributed by atoms with Crippen molar-refractivity contribution in [1.29, 1.82) is 0 Å². The number of halogens is 3. The van der Waals surface area contributed by atoms with Gasteiger partial charge in [0.1, 0.15) is 6.54 Å². The molecule has 1 unspecified atom stereocenters. The van der Waals surface area contributed by atoms with E-state index in [9.17, 15) is 18.0 Å². The van der Waals surface area contributed by atoms with Gasteiger partial charge in [-0.1, -0.05) is 0 Å². The van der Waals surface area contributed by atoms with Gasteiger partial charge in [-0.15, -0.1) is 0 Å². The molecule has 24 heavy (non-hydrogen) atoms. The molecule has 1 amide bonds. The smallest absolute Gasteiger partial charge is 0.357 e. The topological polar surface area (TPSA) is 60.0 Å². The fourth-order valence-corrected chi connectivity index (χ4v) is 3.07. The van der Waals surface area contributed by atoms with Crippen molar-refractivity contribution in [2.75, 3.05) is 45.8 Å². The number of carbonyl (C=O) groups excluding carboxylic acids is 1. The zero-order valence-electron chi connectivity index (χ0n) is 14.0.